The highest BCUT2D eigenvalue weighted by Crippen LogP contribution is 2.34. The van der Waals surface area contributed by atoms with Crippen LogP contribution in [0.25, 0.3) is 22.3 Å². The zero-order valence-electron chi connectivity index (χ0n) is 15.2. The Morgan fingerprint density at radius 3 is 2.83 bits per heavy atom. The molecule has 29 heavy (non-hydrogen) atoms. The molecule has 3 aromatic rings. The largest absolute Gasteiger partial charge is 0.487 e. The number of fused-ring (bicyclic) bond motifs is 1. The van der Waals surface area contributed by atoms with Gasteiger partial charge in [-0.3, -0.25) is 4.79 Å². The average Bonchev–Trinajstić information content (AvgIpc) is 2.71. The molecule has 0 aliphatic carbocycles. The topological polar surface area (TPSA) is 95.2 Å². The van der Waals surface area contributed by atoms with E-state index in [2.05, 4.69) is 20.7 Å². The van der Waals surface area contributed by atoms with Crippen molar-refractivity contribution in [2.45, 2.75) is 6.29 Å². The molecule has 0 saturated carbocycles. The van der Waals surface area contributed by atoms with E-state index in [1.54, 1.807) is 36.4 Å². The van der Waals surface area contributed by atoms with Gasteiger partial charge >= 0.3 is 5.97 Å². The molecule has 1 unspecified atom stereocenters. The number of methoxy groups -OCH3 is 1. The van der Waals surface area contributed by atoms with Gasteiger partial charge in [0.2, 0.25) is 0 Å². The Balaban J connectivity index is 1.89. The van der Waals surface area contributed by atoms with Crippen molar-refractivity contribution in [3.8, 4) is 17.1 Å². The molecule has 0 spiro atoms. The van der Waals surface area contributed by atoms with Crippen molar-refractivity contribution in [1.29, 1.82) is 0 Å². The first kappa shape index (κ1) is 21.3. The molecule has 9 heteroatoms. The first-order chi connectivity index (χ1) is 13.9. The van der Waals surface area contributed by atoms with Crippen LogP contribution in [0.5, 0.6) is 5.75 Å². The van der Waals surface area contributed by atoms with Gasteiger partial charge in [0.15, 0.2) is 17.3 Å². The summed E-state index contributed by atoms with van der Waals surface area (Å²) in [5.41, 5.74) is 0.498. The van der Waals surface area contributed by atoms with Crippen molar-refractivity contribution in [2.75, 3.05) is 20.3 Å². The van der Waals surface area contributed by atoms with Crippen LogP contribution in [-0.4, -0.2) is 37.7 Å². The van der Waals surface area contributed by atoms with Crippen molar-refractivity contribution in [2.24, 2.45) is 0 Å². The molecule has 0 aliphatic heterocycles. The molecule has 0 aliphatic rings. The summed E-state index contributed by atoms with van der Waals surface area (Å²) in [6, 6.07) is 11.4. The SMILES string of the molecule is COC(=O)COC(O)COc1cc(Br)ccc1-c1cc(=O)c2cccc(Cl)c2o1. The van der Waals surface area contributed by atoms with Crippen LogP contribution >= 0.6 is 27.5 Å². The van der Waals surface area contributed by atoms with E-state index >= 15 is 0 Å². The molecule has 0 fully saturated rings. The number of ether oxygens (including phenoxy) is 3. The van der Waals surface area contributed by atoms with Gasteiger partial charge in [-0.25, -0.2) is 4.79 Å². The third kappa shape index (κ3) is 5.16. The fourth-order valence-electron chi connectivity index (χ4n) is 2.53. The van der Waals surface area contributed by atoms with E-state index in [0.29, 0.717) is 26.2 Å². The van der Waals surface area contributed by atoms with Crippen LogP contribution in [0.1, 0.15) is 0 Å². The molecule has 0 radical (unpaired) electrons. The Kier molecular flexibility index (Phi) is 6.92. The number of aliphatic hydroxyl groups is 1. The van der Waals surface area contributed by atoms with Gasteiger partial charge in [0.05, 0.1) is 23.1 Å². The number of para-hydroxylation sites is 1. The zero-order valence-corrected chi connectivity index (χ0v) is 17.5. The molecule has 0 amide bonds. The summed E-state index contributed by atoms with van der Waals surface area (Å²) >= 11 is 9.52. The summed E-state index contributed by atoms with van der Waals surface area (Å²) in [4.78, 5) is 23.6. The van der Waals surface area contributed by atoms with Crippen molar-refractivity contribution in [3.05, 3.63) is 62.2 Å². The Morgan fingerprint density at radius 2 is 2.07 bits per heavy atom. The minimum absolute atomic E-state index is 0.251. The summed E-state index contributed by atoms with van der Waals surface area (Å²) in [5.74, 6) is -0.0419. The number of benzene rings is 2. The number of halogens is 2. The molecule has 1 N–H and O–H groups in total. The van der Waals surface area contributed by atoms with Crippen LogP contribution in [-0.2, 0) is 14.3 Å². The molecule has 152 valence electrons. The molecule has 1 heterocycles. The Labute approximate surface area is 178 Å². The number of carbonyl (C=O) groups is 1. The average molecular weight is 484 g/mol. The van der Waals surface area contributed by atoms with Gasteiger partial charge in [-0.2, -0.15) is 0 Å². The fourth-order valence-corrected chi connectivity index (χ4v) is 3.08. The van der Waals surface area contributed by atoms with Gasteiger partial charge in [-0.15, -0.1) is 0 Å². The number of esters is 1. The number of rotatable bonds is 7. The van der Waals surface area contributed by atoms with E-state index in [0.717, 1.165) is 0 Å². The van der Waals surface area contributed by atoms with E-state index < -0.39 is 18.9 Å². The van der Waals surface area contributed by atoms with E-state index in [1.807, 2.05) is 0 Å². The second kappa shape index (κ2) is 9.41. The van der Waals surface area contributed by atoms with Crippen LogP contribution in [0.15, 0.2) is 56.1 Å². The lowest BCUT2D eigenvalue weighted by Gasteiger charge is -2.15. The maximum absolute atomic E-state index is 12.5. The maximum atomic E-state index is 12.5. The molecule has 3 rings (SSSR count). The lowest BCUT2D eigenvalue weighted by atomic mass is 10.1. The molecule has 7 nitrogen and oxygen atoms in total. The second-order valence-corrected chi connectivity index (χ2v) is 7.21. The Hall–Kier alpha value is -2.39. The van der Waals surface area contributed by atoms with Gasteiger partial charge in [-0.1, -0.05) is 33.6 Å². The van der Waals surface area contributed by atoms with Gasteiger partial charge < -0.3 is 23.7 Å². The van der Waals surface area contributed by atoms with Gasteiger partial charge in [0.1, 0.15) is 24.7 Å². The van der Waals surface area contributed by atoms with E-state index in [-0.39, 0.29) is 23.4 Å². The van der Waals surface area contributed by atoms with Crippen molar-refractivity contribution in [1.82, 2.24) is 0 Å². The minimum Gasteiger partial charge on any atom is -0.487 e. The summed E-state index contributed by atoms with van der Waals surface area (Å²) in [6.07, 6.45) is -1.36. The van der Waals surface area contributed by atoms with E-state index in [4.69, 9.17) is 25.5 Å². The molecular weight excluding hydrogens is 468 g/mol. The standard InChI is InChI=1S/C20H16BrClO7/c1-26-18(24)9-28-19(25)10-27-16-7-11(21)5-6-13(16)17-8-15(23)12-3-2-4-14(22)20(12)29-17/h2-8,19,25H,9-10H2,1H3. The van der Waals surface area contributed by atoms with Crippen LogP contribution in [0.2, 0.25) is 5.02 Å². The van der Waals surface area contributed by atoms with Crippen molar-refractivity contribution >= 4 is 44.5 Å². The number of aliphatic hydroxyl groups excluding tert-OH is 1. The van der Waals surface area contributed by atoms with E-state index in [9.17, 15) is 14.7 Å². The third-order valence-corrected chi connectivity index (χ3v) is 4.71. The normalized spacial score (nSPS) is 12.0. The molecule has 2 aromatic carbocycles. The summed E-state index contributed by atoms with van der Waals surface area (Å²) in [6.45, 7) is -0.677. The predicted octanol–water partition coefficient (Wildman–Crippen LogP) is 3.76. The zero-order chi connectivity index (χ0) is 21.0. The minimum atomic E-state index is -1.36. The molecular formula is C20H16BrClO7. The molecule has 0 bridgehead atoms. The Bertz CT molecular complexity index is 1100. The molecule has 1 aromatic heterocycles. The smallest absolute Gasteiger partial charge is 0.331 e. The first-order valence-electron chi connectivity index (χ1n) is 8.40. The van der Waals surface area contributed by atoms with Gasteiger partial charge in [0.25, 0.3) is 0 Å². The van der Waals surface area contributed by atoms with Gasteiger partial charge in [-0.05, 0) is 30.3 Å². The monoisotopic (exact) mass is 482 g/mol. The predicted molar refractivity (Wildman–Crippen MR) is 110 cm³/mol. The van der Waals surface area contributed by atoms with Crippen molar-refractivity contribution < 1.29 is 28.5 Å². The lowest BCUT2D eigenvalue weighted by Crippen LogP contribution is -2.25. The van der Waals surface area contributed by atoms with Crippen LogP contribution in [0, 0.1) is 0 Å². The van der Waals surface area contributed by atoms with Crippen LogP contribution < -0.4 is 10.2 Å². The first-order valence-corrected chi connectivity index (χ1v) is 9.57. The highest BCUT2D eigenvalue weighted by Gasteiger charge is 2.16. The maximum Gasteiger partial charge on any atom is 0.331 e. The number of hydrogen-bond donors (Lipinski definition) is 1. The fraction of sp³-hybridized carbons (Fsp3) is 0.200. The second-order valence-electron chi connectivity index (χ2n) is 5.88. The van der Waals surface area contributed by atoms with E-state index in [1.165, 1.54) is 13.2 Å². The summed E-state index contributed by atoms with van der Waals surface area (Å²) < 4.78 is 21.6. The molecule has 0 saturated heterocycles. The Morgan fingerprint density at radius 1 is 1.28 bits per heavy atom. The van der Waals surface area contributed by atoms with Crippen LogP contribution in [0.3, 0.4) is 0 Å². The van der Waals surface area contributed by atoms with Crippen LogP contribution in [0.4, 0.5) is 0 Å². The summed E-state index contributed by atoms with van der Waals surface area (Å²) in [7, 11) is 1.21. The summed E-state index contributed by atoms with van der Waals surface area (Å²) in [5, 5.41) is 10.5. The quantitative estimate of drug-likeness (QED) is 0.404. The molecule has 1 atom stereocenters. The highest BCUT2D eigenvalue weighted by molar-refractivity contribution is 9.10. The van der Waals surface area contributed by atoms with Crippen molar-refractivity contribution in [3.63, 3.8) is 0 Å². The lowest BCUT2D eigenvalue weighted by molar-refractivity contribution is -0.163. The third-order valence-electron chi connectivity index (χ3n) is 3.92. The number of hydrogen-bond acceptors (Lipinski definition) is 7. The highest BCUT2D eigenvalue weighted by atomic mass is 79.9. The van der Waals surface area contributed by atoms with Gasteiger partial charge in [0, 0.05) is 10.5 Å². The number of carbonyl (C=O) groups excluding carboxylic acids is 1.